The molecule has 0 radical (unpaired) electrons. The summed E-state index contributed by atoms with van der Waals surface area (Å²) in [6, 6.07) is 15.3. The van der Waals surface area contributed by atoms with Crippen LogP contribution >= 0.6 is 0 Å². The summed E-state index contributed by atoms with van der Waals surface area (Å²) in [5, 5.41) is 13.7. The molecule has 2 rings (SSSR count). The minimum absolute atomic E-state index is 0.0510. The van der Waals surface area contributed by atoms with E-state index in [1.165, 1.54) is 13.1 Å². The highest BCUT2D eigenvalue weighted by Gasteiger charge is 2.28. The number of nitro groups is 1. The van der Waals surface area contributed by atoms with Gasteiger partial charge in [0.2, 0.25) is 5.91 Å². The molecule has 0 saturated carbocycles. The van der Waals surface area contributed by atoms with Crippen molar-refractivity contribution in [3.8, 4) is 0 Å². The molecule has 0 fully saturated rings. The molecule has 5 nitrogen and oxygen atoms in total. The highest BCUT2D eigenvalue weighted by Crippen LogP contribution is 2.31. The molecule has 0 bridgehead atoms. The molecule has 1 amide bonds. The van der Waals surface area contributed by atoms with Crippen LogP contribution in [-0.2, 0) is 4.79 Å². The zero-order chi connectivity index (χ0) is 14.5. The fourth-order valence-corrected chi connectivity index (χ4v) is 2.16. The minimum Gasteiger partial charge on any atom is -0.358 e. The fourth-order valence-electron chi connectivity index (χ4n) is 2.16. The third-order valence-corrected chi connectivity index (χ3v) is 3.09. The minimum atomic E-state index is -0.692. The van der Waals surface area contributed by atoms with Crippen LogP contribution in [-0.4, -0.2) is 17.9 Å². The average molecular weight is 270 g/mol. The Labute approximate surface area is 116 Å². The Balaban J connectivity index is 2.59. The number of para-hydroxylation sites is 1. The Hall–Kier alpha value is -2.69. The van der Waals surface area contributed by atoms with E-state index in [1.807, 2.05) is 6.07 Å². The van der Waals surface area contributed by atoms with E-state index in [0.717, 1.165) is 5.56 Å². The number of nitrogens with one attached hydrogen (secondary N) is 1. The predicted octanol–water partition coefficient (Wildman–Crippen LogP) is 2.47. The Kier molecular flexibility index (Phi) is 4.10. The summed E-state index contributed by atoms with van der Waals surface area (Å²) in [6.45, 7) is 0. The van der Waals surface area contributed by atoms with Gasteiger partial charge in [-0.05, 0) is 5.56 Å². The normalized spacial score (nSPS) is 11.7. The molecule has 0 aliphatic carbocycles. The molecule has 20 heavy (non-hydrogen) atoms. The molecule has 2 aromatic rings. The summed E-state index contributed by atoms with van der Waals surface area (Å²) >= 11 is 0. The second kappa shape index (κ2) is 5.97. The van der Waals surface area contributed by atoms with Crippen molar-refractivity contribution in [3.63, 3.8) is 0 Å². The van der Waals surface area contributed by atoms with E-state index in [-0.39, 0.29) is 11.6 Å². The Morgan fingerprint density at radius 2 is 1.70 bits per heavy atom. The molecule has 0 saturated heterocycles. The van der Waals surface area contributed by atoms with E-state index in [2.05, 4.69) is 5.32 Å². The third-order valence-electron chi connectivity index (χ3n) is 3.09. The average Bonchev–Trinajstić information content (AvgIpc) is 2.48. The molecule has 0 spiro atoms. The topological polar surface area (TPSA) is 72.2 Å². The first-order valence-corrected chi connectivity index (χ1v) is 6.15. The third kappa shape index (κ3) is 2.66. The summed E-state index contributed by atoms with van der Waals surface area (Å²) < 4.78 is 0. The summed E-state index contributed by atoms with van der Waals surface area (Å²) in [7, 11) is 1.52. The molecule has 1 atom stereocenters. The molecule has 0 aliphatic heterocycles. The van der Waals surface area contributed by atoms with E-state index >= 15 is 0 Å². The molecule has 1 N–H and O–H groups in total. The van der Waals surface area contributed by atoms with Gasteiger partial charge in [-0.15, -0.1) is 0 Å². The number of carbonyl (C=O) groups excluding carboxylic acids is 1. The van der Waals surface area contributed by atoms with Crippen molar-refractivity contribution >= 4 is 11.6 Å². The summed E-state index contributed by atoms with van der Waals surface area (Å²) in [4.78, 5) is 22.8. The van der Waals surface area contributed by atoms with Gasteiger partial charge < -0.3 is 5.32 Å². The maximum Gasteiger partial charge on any atom is 0.273 e. The Morgan fingerprint density at radius 3 is 2.30 bits per heavy atom. The monoisotopic (exact) mass is 270 g/mol. The molecule has 0 unspecified atom stereocenters. The van der Waals surface area contributed by atoms with E-state index in [1.54, 1.807) is 42.5 Å². The van der Waals surface area contributed by atoms with Gasteiger partial charge in [0.1, 0.15) is 0 Å². The molecule has 0 aromatic heterocycles. The van der Waals surface area contributed by atoms with Crippen LogP contribution in [0.5, 0.6) is 0 Å². The van der Waals surface area contributed by atoms with Crippen molar-refractivity contribution in [3.05, 3.63) is 75.8 Å². The van der Waals surface area contributed by atoms with Gasteiger partial charge in [0.25, 0.3) is 5.69 Å². The number of nitro benzene ring substituents is 1. The van der Waals surface area contributed by atoms with Crippen molar-refractivity contribution in [2.75, 3.05) is 7.05 Å². The lowest BCUT2D eigenvalue weighted by atomic mass is 9.89. The zero-order valence-electron chi connectivity index (χ0n) is 10.9. The zero-order valence-corrected chi connectivity index (χ0v) is 10.9. The van der Waals surface area contributed by atoms with Crippen LogP contribution in [0.3, 0.4) is 0 Å². The highest BCUT2D eigenvalue weighted by molar-refractivity contribution is 5.88. The molecular formula is C15H14N2O3. The SMILES string of the molecule is CNC(=O)[C@H](c1ccccc1)c1ccccc1[N+](=O)[O-]. The van der Waals surface area contributed by atoms with Gasteiger partial charge in [0, 0.05) is 18.7 Å². The van der Waals surface area contributed by atoms with Crippen LogP contribution in [0.2, 0.25) is 0 Å². The van der Waals surface area contributed by atoms with Crippen molar-refractivity contribution in [1.29, 1.82) is 0 Å². The Morgan fingerprint density at radius 1 is 1.10 bits per heavy atom. The van der Waals surface area contributed by atoms with Crippen molar-refractivity contribution < 1.29 is 9.72 Å². The lowest BCUT2D eigenvalue weighted by Crippen LogP contribution is -2.27. The maximum atomic E-state index is 12.2. The van der Waals surface area contributed by atoms with Crippen LogP contribution in [0.25, 0.3) is 0 Å². The van der Waals surface area contributed by atoms with Crippen molar-refractivity contribution in [1.82, 2.24) is 5.32 Å². The quantitative estimate of drug-likeness (QED) is 0.685. The first-order valence-electron chi connectivity index (χ1n) is 6.15. The number of nitrogens with zero attached hydrogens (tertiary/aromatic N) is 1. The van der Waals surface area contributed by atoms with E-state index in [4.69, 9.17) is 0 Å². The van der Waals surface area contributed by atoms with Gasteiger partial charge >= 0.3 is 0 Å². The van der Waals surface area contributed by atoms with Crippen LogP contribution in [0.4, 0.5) is 5.69 Å². The van der Waals surface area contributed by atoms with Crippen LogP contribution in [0.1, 0.15) is 17.0 Å². The summed E-state index contributed by atoms with van der Waals surface area (Å²) in [6.07, 6.45) is 0. The predicted molar refractivity (Wildman–Crippen MR) is 75.4 cm³/mol. The summed E-state index contributed by atoms with van der Waals surface area (Å²) in [5.74, 6) is -0.965. The van der Waals surface area contributed by atoms with Crippen LogP contribution < -0.4 is 5.32 Å². The summed E-state index contributed by atoms with van der Waals surface area (Å²) in [5.41, 5.74) is 1.06. The van der Waals surface area contributed by atoms with Crippen LogP contribution in [0, 0.1) is 10.1 Å². The largest absolute Gasteiger partial charge is 0.358 e. The molecule has 102 valence electrons. The molecule has 0 heterocycles. The van der Waals surface area contributed by atoms with E-state index in [9.17, 15) is 14.9 Å². The van der Waals surface area contributed by atoms with Gasteiger partial charge in [0.15, 0.2) is 0 Å². The number of benzene rings is 2. The van der Waals surface area contributed by atoms with Crippen LogP contribution in [0.15, 0.2) is 54.6 Å². The molecule has 0 aliphatic rings. The first kappa shape index (κ1) is 13.7. The number of hydrogen-bond acceptors (Lipinski definition) is 3. The van der Waals surface area contributed by atoms with E-state index < -0.39 is 10.8 Å². The lowest BCUT2D eigenvalue weighted by molar-refractivity contribution is -0.385. The second-order valence-electron chi connectivity index (χ2n) is 4.27. The van der Waals surface area contributed by atoms with Crippen molar-refractivity contribution in [2.45, 2.75) is 5.92 Å². The number of carbonyl (C=O) groups is 1. The maximum absolute atomic E-state index is 12.2. The van der Waals surface area contributed by atoms with Gasteiger partial charge in [-0.1, -0.05) is 48.5 Å². The molecular weight excluding hydrogens is 256 g/mol. The molecule has 5 heteroatoms. The number of hydrogen-bond donors (Lipinski definition) is 1. The second-order valence-corrected chi connectivity index (χ2v) is 4.27. The molecule has 2 aromatic carbocycles. The standard InChI is InChI=1S/C15H14N2O3/c1-16-15(18)14(11-7-3-2-4-8-11)12-9-5-6-10-13(12)17(19)20/h2-10,14H,1H3,(H,16,18)/t14-/m1/s1. The Bertz CT molecular complexity index is 626. The van der Waals surface area contributed by atoms with Gasteiger partial charge in [-0.25, -0.2) is 0 Å². The number of rotatable bonds is 4. The number of amides is 1. The smallest absolute Gasteiger partial charge is 0.273 e. The van der Waals surface area contributed by atoms with Gasteiger partial charge in [-0.2, -0.15) is 0 Å². The highest BCUT2D eigenvalue weighted by atomic mass is 16.6. The van der Waals surface area contributed by atoms with Gasteiger partial charge in [-0.3, -0.25) is 14.9 Å². The number of likely N-dealkylation sites (N-methyl/N-ethyl adjacent to an activating group) is 1. The first-order chi connectivity index (χ1) is 9.65. The van der Waals surface area contributed by atoms with E-state index in [0.29, 0.717) is 5.56 Å². The fraction of sp³-hybridized carbons (Fsp3) is 0.133. The van der Waals surface area contributed by atoms with Crippen molar-refractivity contribution in [2.24, 2.45) is 0 Å². The lowest BCUT2D eigenvalue weighted by Gasteiger charge is -2.16. The van der Waals surface area contributed by atoms with Gasteiger partial charge in [0.05, 0.1) is 10.8 Å².